The first-order chi connectivity index (χ1) is 9.56. The second-order valence-electron chi connectivity index (χ2n) is 3.78. The Morgan fingerprint density at radius 3 is 2.80 bits per heavy atom. The number of carboxylic acids is 1. The topological polar surface area (TPSA) is 76.7 Å². The molecule has 106 valence electrons. The Morgan fingerprint density at radius 1 is 1.35 bits per heavy atom. The minimum atomic E-state index is -1.42. The molecule has 0 fully saturated rings. The third kappa shape index (κ3) is 3.94. The second-order valence-corrected chi connectivity index (χ2v) is 6.20. The standard InChI is InChI=1S/C13H11BrO5S/c14-9-2-1-3-10(8-9)18-6-7-20(17)12-5-4-11(19-12)13(15)16/h1-5,8H,6-7H2,(H,15,16). The molecular weight excluding hydrogens is 348 g/mol. The summed E-state index contributed by atoms with van der Waals surface area (Å²) < 4.78 is 23.2. The van der Waals surface area contributed by atoms with E-state index in [2.05, 4.69) is 15.9 Å². The average molecular weight is 359 g/mol. The Balaban J connectivity index is 1.87. The van der Waals surface area contributed by atoms with Gasteiger partial charge in [-0.1, -0.05) is 22.0 Å². The lowest BCUT2D eigenvalue weighted by atomic mass is 10.3. The number of furan rings is 1. The summed E-state index contributed by atoms with van der Waals surface area (Å²) in [6, 6.07) is 9.99. The summed E-state index contributed by atoms with van der Waals surface area (Å²) in [7, 11) is -1.42. The van der Waals surface area contributed by atoms with Gasteiger partial charge in [0.2, 0.25) is 5.76 Å². The van der Waals surface area contributed by atoms with Crippen LogP contribution in [0.1, 0.15) is 10.6 Å². The average Bonchev–Trinajstić information content (AvgIpc) is 2.88. The number of aromatic carboxylic acids is 1. The van der Waals surface area contributed by atoms with Gasteiger partial charge in [-0.15, -0.1) is 0 Å². The van der Waals surface area contributed by atoms with Crippen LogP contribution in [-0.4, -0.2) is 27.6 Å². The van der Waals surface area contributed by atoms with Crippen LogP contribution in [0.2, 0.25) is 0 Å². The molecule has 0 radical (unpaired) electrons. The predicted molar refractivity (Wildman–Crippen MR) is 76.6 cm³/mol. The first kappa shape index (κ1) is 14.8. The van der Waals surface area contributed by atoms with Crippen molar-refractivity contribution in [2.24, 2.45) is 0 Å². The first-order valence-electron chi connectivity index (χ1n) is 5.66. The van der Waals surface area contributed by atoms with Crippen molar-refractivity contribution >= 4 is 32.7 Å². The van der Waals surface area contributed by atoms with Gasteiger partial charge < -0.3 is 14.3 Å². The molecule has 0 aliphatic carbocycles. The summed E-state index contributed by atoms with van der Waals surface area (Å²) in [5.74, 6) is -0.513. The molecule has 1 atom stereocenters. The van der Waals surface area contributed by atoms with Crippen LogP contribution in [0, 0.1) is 0 Å². The highest BCUT2D eigenvalue weighted by atomic mass is 79.9. The van der Waals surface area contributed by atoms with Crippen molar-refractivity contribution in [3.63, 3.8) is 0 Å². The highest BCUT2D eigenvalue weighted by molar-refractivity contribution is 9.10. The van der Waals surface area contributed by atoms with E-state index in [1.165, 1.54) is 12.1 Å². The molecular formula is C13H11BrO5S. The normalized spacial score (nSPS) is 12.1. The zero-order valence-corrected chi connectivity index (χ0v) is 12.6. The van der Waals surface area contributed by atoms with Crippen LogP contribution in [0.5, 0.6) is 5.75 Å². The van der Waals surface area contributed by atoms with E-state index < -0.39 is 16.8 Å². The van der Waals surface area contributed by atoms with Crippen molar-refractivity contribution in [1.82, 2.24) is 0 Å². The van der Waals surface area contributed by atoms with Gasteiger partial charge >= 0.3 is 5.97 Å². The van der Waals surface area contributed by atoms with Crippen molar-refractivity contribution < 1.29 is 23.3 Å². The number of hydrogen-bond donors (Lipinski definition) is 1. The Kier molecular flexibility index (Phi) is 4.97. The van der Waals surface area contributed by atoms with Crippen LogP contribution < -0.4 is 4.74 Å². The van der Waals surface area contributed by atoms with E-state index in [4.69, 9.17) is 14.3 Å². The molecule has 1 N–H and O–H groups in total. The lowest BCUT2D eigenvalue weighted by Gasteiger charge is -2.05. The molecule has 0 saturated heterocycles. The van der Waals surface area contributed by atoms with Crippen molar-refractivity contribution in [3.05, 3.63) is 46.6 Å². The van der Waals surface area contributed by atoms with Gasteiger partial charge in [0, 0.05) is 4.47 Å². The van der Waals surface area contributed by atoms with E-state index in [1.54, 1.807) is 12.1 Å². The van der Waals surface area contributed by atoms with Gasteiger partial charge in [-0.3, -0.25) is 4.21 Å². The highest BCUT2D eigenvalue weighted by Gasteiger charge is 2.13. The summed E-state index contributed by atoms with van der Waals surface area (Å²) in [4.78, 5) is 10.6. The van der Waals surface area contributed by atoms with E-state index in [9.17, 15) is 9.00 Å². The van der Waals surface area contributed by atoms with Gasteiger partial charge in [0.25, 0.3) is 0 Å². The fourth-order valence-corrected chi connectivity index (χ4v) is 2.67. The number of carboxylic acid groups (broad SMARTS) is 1. The van der Waals surface area contributed by atoms with Crippen molar-refractivity contribution in [2.75, 3.05) is 12.4 Å². The molecule has 0 aliphatic rings. The molecule has 2 rings (SSSR count). The third-order valence-electron chi connectivity index (χ3n) is 2.35. The molecule has 7 heteroatoms. The summed E-state index contributed by atoms with van der Waals surface area (Å²) >= 11 is 3.33. The monoisotopic (exact) mass is 358 g/mol. The first-order valence-corrected chi connectivity index (χ1v) is 7.77. The number of halogens is 1. The van der Waals surface area contributed by atoms with E-state index in [0.29, 0.717) is 5.75 Å². The Morgan fingerprint density at radius 2 is 2.15 bits per heavy atom. The van der Waals surface area contributed by atoms with Crippen LogP contribution in [0.3, 0.4) is 0 Å². The second kappa shape index (κ2) is 6.71. The van der Waals surface area contributed by atoms with Crippen LogP contribution in [0.25, 0.3) is 0 Å². The van der Waals surface area contributed by atoms with Crippen LogP contribution in [0.4, 0.5) is 0 Å². The number of carbonyl (C=O) groups is 1. The molecule has 1 aromatic carbocycles. The number of hydrogen-bond acceptors (Lipinski definition) is 4. The van der Waals surface area contributed by atoms with E-state index in [1.807, 2.05) is 12.1 Å². The summed E-state index contributed by atoms with van der Waals surface area (Å²) in [6.07, 6.45) is 0. The summed E-state index contributed by atoms with van der Waals surface area (Å²) in [6.45, 7) is 0.242. The maximum absolute atomic E-state index is 11.9. The quantitative estimate of drug-likeness (QED) is 0.858. The van der Waals surface area contributed by atoms with Crippen molar-refractivity contribution in [2.45, 2.75) is 5.09 Å². The molecule has 0 bridgehead atoms. The lowest BCUT2D eigenvalue weighted by Crippen LogP contribution is -2.08. The zero-order valence-electron chi connectivity index (χ0n) is 10.2. The molecule has 1 aromatic heterocycles. The smallest absolute Gasteiger partial charge is 0.371 e. The Bertz CT molecular complexity index is 637. The molecule has 20 heavy (non-hydrogen) atoms. The van der Waals surface area contributed by atoms with Crippen LogP contribution in [0.15, 0.2) is 50.4 Å². The zero-order chi connectivity index (χ0) is 14.5. The van der Waals surface area contributed by atoms with Gasteiger partial charge in [-0.05, 0) is 30.3 Å². The van der Waals surface area contributed by atoms with Crippen molar-refractivity contribution in [3.8, 4) is 5.75 Å². The van der Waals surface area contributed by atoms with E-state index >= 15 is 0 Å². The molecule has 2 aromatic rings. The summed E-state index contributed by atoms with van der Waals surface area (Å²) in [5, 5.41) is 8.85. The number of ether oxygens (including phenoxy) is 1. The molecule has 5 nitrogen and oxygen atoms in total. The minimum absolute atomic E-state index is 0.139. The molecule has 0 aliphatic heterocycles. The number of rotatable bonds is 6. The Hall–Kier alpha value is -1.60. The van der Waals surface area contributed by atoms with Gasteiger partial charge in [0.1, 0.15) is 12.4 Å². The van der Waals surface area contributed by atoms with Gasteiger partial charge in [-0.25, -0.2) is 4.79 Å². The lowest BCUT2D eigenvalue weighted by molar-refractivity contribution is 0.0656. The predicted octanol–water partition coefficient (Wildman–Crippen LogP) is 2.93. The maximum atomic E-state index is 11.9. The molecule has 1 unspecified atom stereocenters. The van der Waals surface area contributed by atoms with Gasteiger partial charge in [0.05, 0.1) is 16.6 Å². The highest BCUT2D eigenvalue weighted by Crippen LogP contribution is 2.18. The molecule has 0 saturated carbocycles. The van der Waals surface area contributed by atoms with Crippen LogP contribution in [-0.2, 0) is 10.8 Å². The maximum Gasteiger partial charge on any atom is 0.371 e. The largest absolute Gasteiger partial charge is 0.493 e. The SMILES string of the molecule is O=C(O)c1ccc(S(=O)CCOc2cccc(Br)c2)o1. The fourth-order valence-electron chi connectivity index (χ4n) is 1.45. The van der Waals surface area contributed by atoms with Crippen LogP contribution >= 0.6 is 15.9 Å². The van der Waals surface area contributed by atoms with Gasteiger partial charge in [-0.2, -0.15) is 0 Å². The molecule has 1 heterocycles. The summed E-state index contributed by atoms with van der Waals surface area (Å²) in [5.41, 5.74) is 0. The van der Waals surface area contributed by atoms with E-state index in [-0.39, 0.29) is 23.2 Å². The molecule has 0 amide bonds. The minimum Gasteiger partial charge on any atom is -0.493 e. The number of benzene rings is 1. The fraction of sp³-hybridized carbons (Fsp3) is 0.154. The molecule has 0 spiro atoms. The third-order valence-corrected chi connectivity index (χ3v) is 4.05. The van der Waals surface area contributed by atoms with Gasteiger partial charge in [0.15, 0.2) is 5.09 Å². The van der Waals surface area contributed by atoms with E-state index in [0.717, 1.165) is 4.47 Å². The Labute approximate surface area is 126 Å². The van der Waals surface area contributed by atoms with Crippen molar-refractivity contribution in [1.29, 1.82) is 0 Å².